The number of carbonyl (C=O) groups is 3. The van der Waals surface area contributed by atoms with Crippen LogP contribution in [0.2, 0.25) is 0 Å². The summed E-state index contributed by atoms with van der Waals surface area (Å²) >= 11 is 0. The van der Waals surface area contributed by atoms with Crippen molar-refractivity contribution < 1.29 is 46.8 Å². The van der Waals surface area contributed by atoms with Crippen LogP contribution in [0.15, 0.2) is 0 Å². The molecule has 0 N–H and O–H groups in total. The van der Waals surface area contributed by atoms with E-state index in [9.17, 15) is 23.8 Å². The molecule has 0 aliphatic rings. The van der Waals surface area contributed by atoms with Gasteiger partial charge in [0.2, 0.25) is 0 Å². The number of hydrogen-bond acceptors (Lipinski definition) is 9. The highest BCUT2D eigenvalue weighted by Crippen LogP contribution is 2.38. The molecule has 0 aliphatic carbocycles. The van der Waals surface area contributed by atoms with E-state index in [4.69, 9.17) is 18.5 Å². The van der Waals surface area contributed by atoms with E-state index in [2.05, 4.69) is 6.92 Å². The van der Waals surface area contributed by atoms with Gasteiger partial charge in [-0.2, -0.15) is 0 Å². The number of aldehydes is 1. The van der Waals surface area contributed by atoms with Gasteiger partial charge >= 0.3 is 11.9 Å². The molecule has 0 aliphatic heterocycles. The van der Waals surface area contributed by atoms with Crippen LogP contribution in [0.5, 0.6) is 0 Å². The molecule has 0 fully saturated rings. The Morgan fingerprint density at radius 3 is 1.72 bits per heavy atom. The summed E-state index contributed by atoms with van der Waals surface area (Å²) in [6, 6.07) is 0. The van der Waals surface area contributed by atoms with Crippen molar-refractivity contribution in [2.45, 2.75) is 141 Å². The van der Waals surface area contributed by atoms with Crippen molar-refractivity contribution in [2.75, 3.05) is 47.5 Å². The van der Waals surface area contributed by atoms with Crippen molar-refractivity contribution >= 4 is 26.0 Å². The van der Waals surface area contributed by atoms with Crippen molar-refractivity contribution in [3.8, 4) is 0 Å². The zero-order valence-electron chi connectivity index (χ0n) is 27.7. The Hall–Kier alpha value is -1.32. The summed E-state index contributed by atoms with van der Waals surface area (Å²) in [5, 5.41) is 0. The molecule has 2 atom stereocenters. The Morgan fingerprint density at radius 1 is 0.721 bits per heavy atom. The average Bonchev–Trinajstić information content (AvgIpc) is 2.93. The number of quaternary nitrogens is 1. The zero-order valence-corrected chi connectivity index (χ0v) is 28.6. The summed E-state index contributed by atoms with van der Waals surface area (Å²) in [5.74, 6) is -0.938. The van der Waals surface area contributed by atoms with Crippen LogP contribution in [0.25, 0.3) is 0 Å². The third-order valence-corrected chi connectivity index (χ3v) is 8.06. The van der Waals surface area contributed by atoms with Gasteiger partial charge in [0.15, 0.2) is 6.10 Å². The number of ether oxygens (including phenoxy) is 2. The predicted octanol–water partition coefficient (Wildman–Crippen LogP) is 6.67. The summed E-state index contributed by atoms with van der Waals surface area (Å²) in [4.78, 5) is 47.2. The summed E-state index contributed by atoms with van der Waals surface area (Å²) in [7, 11) is 1.10. The second kappa shape index (κ2) is 27.0. The normalized spacial score (nSPS) is 13.8. The van der Waals surface area contributed by atoms with Gasteiger partial charge < -0.3 is 32.7 Å². The SMILES string of the molecule is CCCCCCCCCCCCCCCC(=O)OC[C@H](COP(=O)([O-])OCC[N+](C)(C)C)OC(=O)CCCCCCC=O. The predicted molar refractivity (Wildman–Crippen MR) is 167 cm³/mol. The van der Waals surface area contributed by atoms with E-state index in [-0.39, 0.29) is 26.1 Å². The summed E-state index contributed by atoms with van der Waals surface area (Å²) in [6.07, 6.45) is 19.4. The highest BCUT2D eigenvalue weighted by atomic mass is 31.2. The molecule has 0 aromatic rings. The number of esters is 2. The molecule has 0 aromatic heterocycles. The number of carbonyl (C=O) groups excluding carboxylic acids is 3. The quantitative estimate of drug-likeness (QED) is 0.0270. The molecule has 0 rings (SSSR count). The molecule has 0 heterocycles. The largest absolute Gasteiger partial charge is 0.756 e. The maximum Gasteiger partial charge on any atom is 0.306 e. The first kappa shape index (κ1) is 41.7. The number of hydrogen-bond donors (Lipinski definition) is 0. The molecular weight excluding hydrogens is 573 g/mol. The van der Waals surface area contributed by atoms with Crippen LogP contribution < -0.4 is 4.89 Å². The van der Waals surface area contributed by atoms with Gasteiger partial charge in [-0.1, -0.05) is 96.8 Å². The Morgan fingerprint density at radius 2 is 1.21 bits per heavy atom. The second-order valence-corrected chi connectivity index (χ2v) is 13.9. The lowest BCUT2D eigenvalue weighted by molar-refractivity contribution is -0.870. The van der Waals surface area contributed by atoms with E-state index >= 15 is 0 Å². The molecule has 0 spiro atoms. The van der Waals surface area contributed by atoms with Crippen molar-refractivity contribution in [3.63, 3.8) is 0 Å². The number of rotatable bonds is 31. The lowest BCUT2D eigenvalue weighted by atomic mass is 10.0. The van der Waals surface area contributed by atoms with E-state index in [0.717, 1.165) is 44.8 Å². The summed E-state index contributed by atoms with van der Waals surface area (Å²) in [6.45, 7) is 1.86. The minimum Gasteiger partial charge on any atom is -0.756 e. The highest BCUT2D eigenvalue weighted by Gasteiger charge is 2.21. The van der Waals surface area contributed by atoms with Crippen LogP contribution in [0.3, 0.4) is 0 Å². The van der Waals surface area contributed by atoms with E-state index in [1.165, 1.54) is 64.2 Å². The number of likely N-dealkylation sites (N-methyl/N-ethyl adjacent to an activating group) is 1. The standard InChI is InChI=1S/C32H62NO9P/c1-5-6-7-8-9-10-11-12-13-14-15-17-20-23-31(35)39-28-30(42-32(36)24-21-18-16-19-22-26-34)29-41-43(37,38)40-27-25-33(2,3)4/h26,30H,5-25,27-29H2,1-4H3/t30-/m1/s1. The van der Waals surface area contributed by atoms with E-state index in [0.29, 0.717) is 23.9 Å². The Kier molecular flexibility index (Phi) is 26.2. The highest BCUT2D eigenvalue weighted by molar-refractivity contribution is 7.45. The van der Waals surface area contributed by atoms with Crippen LogP contribution in [-0.2, 0) is 37.5 Å². The molecule has 254 valence electrons. The molecule has 43 heavy (non-hydrogen) atoms. The first-order valence-corrected chi connectivity index (χ1v) is 18.1. The first-order valence-electron chi connectivity index (χ1n) is 16.7. The zero-order chi connectivity index (χ0) is 32.2. The van der Waals surface area contributed by atoms with Crippen molar-refractivity contribution in [1.29, 1.82) is 0 Å². The van der Waals surface area contributed by atoms with E-state index < -0.39 is 32.5 Å². The number of nitrogens with zero attached hydrogens (tertiary/aromatic N) is 1. The fourth-order valence-electron chi connectivity index (χ4n) is 4.39. The molecule has 10 nitrogen and oxygen atoms in total. The fraction of sp³-hybridized carbons (Fsp3) is 0.906. The third kappa shape index (κ3) is 30.5. The summed E-state index contributed by atoms with van der Waals surface area (Å²) < 4.78 is 33.3. The summed E-state index contributed by atoms with van der Waals surface area (Å²) in [5.41, 5.74) is 0. The number of phosphoric acid groups is 1. The van der Waals surface area contributed by atoms with E-state index in [1.807, 2.05) is 21.1 Å². The van der Waals surface area contributed by atoms with Gasteiger partial charge in [-0.05, 0) is 19.3 Å². The average molecular weight is 636 g/mol. The molecule has 0 amide bonds. The van der Waals surface area contributed by atoms with Gasteiger partial charge in [0.05, 0.1) is 27.7 Å². The van der Waals surface area contributed by atoms with Gasteiger partial charge in [0, 0.05) is 19.3 Å². The van der Waals surface area contributed by atoms with Crippen LogP contribution in [0, 0.1) is 0 Å². The molecule has 0 radical (unpaired) electrons. The Balaban J connectivity index is 4.38. The van der Waals surface area contributed by atoms with Crippen LogP contribution >= 0.6 is 7.82 Å². The topological polar surface area (TPSA) is 128 Å². The number of unbranched alkanes of at least 4 members (excludes halogenated alkanes) is 16. The smallest absolute Gasteiger partial charge is 0.306 e. The van der Waals surface area contributed by atoms with Crippen LogP contribution in [0.1, 0.15) is 135 Å². The van der Waals surface area contributed by atoms with E-state index in [1.54, 1.807) is 0 Å². The molecule has 1 unspecified atom stereocenters. The molecule has 0 aromatic carbocycles. The third-order valence-electron chi connectivity index (χ3n) is 7.10. The maximum atomic E-state index is 12.3. The number of phosphoric ester groups is 1. The lowest BCUT2D eigenvalue weighted by Crippen LogP contribution is -2.37. The van der Waals surface area contributed by atoms with Gasteiger partial charge in [-0.25, -0.2) is 0 Å². The van der Waals surface area contributed by atoms with Gasteiger partial charge in [0.1, 0.15) is 26.0 Å². The Labute approximate surface area is 261 Å². The molecular formula is C32H62NO9P. The van der Waals surface area contributed by atoms with Crippen molar-refractivity contribution in [3.05, 3.63) is 0 Å². The first-order chi connectivity index (χ1) is 20.5. The monoisotopic (exact) mass is 635 g/mol. The van der Waals surface area contributed by atoms with Gasteiger partial charge in [-0.15, -0.1) is 0 Å². The van der Waals surface area contributed by atoms with Crippen molar-refractivity contribution in [1.82, 2.24) is 0 Å². The van der Waals surface area contributed by atoms with Crippen molar-refractivity contribution in [2.24, 2.45) is 0 Å². The minimum atomic E-state index is -4.62. The van der Waals surface area contributed by atoms with Gasteiger partial charge in [-0.3, -0.25) is 14.2 Å². The Bertz CT molecular complexity index is 758. The molecule has 11 heteroatoms. The fourth-order valence-corrected chi connectivity index (χ4v) is 5.12. The molecule has 0 bridgehead atoms. The lowest BCUT2D eigenvalue weighted by Gasteiger charge is -2.28. The molecule has 0 saturated carbocycles. The van der Waals surface area contributed by atoms with Crippen LogP contribution in [0.4, 0.5) is 0 Å². The maximum absolute atomic E-state index is 12.3. The minimum absolute atomic E-state index is 0.0487. The molecule has 0 saturated heterocycles. The van der Waals surface area contributed by atoms with Gasteiger partial charge in [0.25, 0.3) is 7.82 Å². The van der Waals surface area contributed by atoms with Crippen LogP contribution in [-0.4, -0.2) is 76.3 Å². The second-order valence-electron chi connectivity index (χ2n) is 12.5.